The van der Waals surface area contributed by atoms with Crippen molar-refractivity contribution in [3.8, 4) is 0 Å². The number of carbonyl (C=O) groups excluding carboxylic acids is 2. The van der Waals surface area contributed by atoms with Gasteiger partial charge in [-0.05, 0) is 27.2 Å². The summed E-state index contributed by atoms with van der Waals surface area (Å²) >= 11 is 0. The van der Waals surface area contributed by atoms with Crippen molar-refractivity contribution in [3.05, 3.63) is 0 Å². The Balaban J connectivity index is 3.04. The highest BCUT2D eigenvalue weighted by atomic mass is 32.2. The van der Waals surface area contributed by atoms with Crippen molar-refractivity contribution >= 4 is 22.0 Å². The number of nitrogens with zero attached hydrogens (tertiary/aromatic N) is 1. The number of carbonyl (C=O) groups is 2. The third kappa shape index (κ3) is 3.50. The first kappa shape index (κ1) is 15.1. The molecule has 0 aliphatic carbocycles. The summed E-state index contributed by atoms with van der Waals surface area (Å²) in [5, 5.41) is 2.13. The SMILES string of the molecule is CCC1C(=O)NC(=O)CN1S(=O)(=O)NC(C)(C)C. The van der Waals surface area contributed by atoms with E-state index < -0.39 is 33.6 Å². The Hall–Kier alpha value is -0.990. The third-order valence-electron chi connectivity index (χ3n) is 2.34. The van der Waals surface area contributed by atoms with Crippen LogP contribution < -0.4 is 10.0 Å². The van der Waals surface area contributed by atoms with E-state index in [1.54, 1.807) is 27.7 Å². The van der Waals surface area contributed by atoms with Gasteiger partial charge in [-0.15, -0.1) is 0 Å². The monoisotopic (exact) mass is 277 g/mol. The van der Waals surface area contributed by atoms with Crippen LogP contribution in [0, 0.1) is 0 Å². The summed E-state index contributed by atoms with van der Waals surface area (Å²) in [5.74, 6) is -1.18. The van der Waals surface area contributed by atoms with E-state index in [0.29, 0.717) is 6.42 Å². The second-order valence-corrected chi connectivity index (χ2v) is 6.86. The Labute approximate surface area is 107 Å². The van der Waals surface area contributed by atoms with Crippen molar-refractivity contribution < 1.29 is 18.0 Å². The highest BCUT2D eigenvalue weighted by Gasteiger charge is 2.40. The second-order valence-electron chi connectivity index (χ2n) is 5.24. The van der Waals surface area contributed by atoms with Crippen LogP contribution in [0.4, 0.5) is 0 Å². The number of hydrogen-bond acceptors (Lipinski definition) is 4. The van der Waals surface area contributed by atoms with Gasteiger partial charge in [0.1, 0.15) is 6.04 Å². The Bertz CT molecular complexity index is 452. The summed E-state index contributed by atoms with van der Waals surface area (Å²) in [6.07, 6.45) is 0.310. The van der Waals surface area contributed by atoms with Crippen molar-refractivity contribution in [2.75, 3.05) is 6.54 Å². The van der Waals surface area contributed by atoms with Crippen molar-refractivity contribution in [2.24, 2.45) is 0 Å². The van der Waals surface area contributed by atoms with Crippen LogP contribution in [-0.2, 0) is 19.8 Å². The molecule has 1 atom stereocenters. The quantitative estimate of drug-likeness (QED) is 0.670. The van der Waals surface area contributed by atoms with Gasteiger partial charge in [0.05, 0.1) is 6.54 Å². The molecule has 0 aromatic rings. The summed E-state index contributed by atoms with van der Waals surface area (Å²) in [6, 6.07) is -0.845. The number of imide groups is 1. The Morgan fingerprint density at radius 3 is 2.39 bits per heavy atom. The first-order valence-corrected chi connectivity index (χ1v) is 7.15. The molecule has 0 aromatic carbocycles. The normalized spacial score (nSPS) is 23.0. The van der Waals surface area contributed by atoms with Gasteiger partial charge in [0, 0.05) is 5.54 Å². The summed E-state index contributed by atoms with van der Waals surface area (Å²) in [6.45, 7) is 6.43. The molecular weight excluding hydrogens is 258 g/mol. The fourth-order valence-corrected chi connectivity index (χ4v) is 3.49. The molecule has 0 aromatic heterocycles. The van der Waals surface area contributed by atoms with Crippen molar-refractivity contribution in [3.63, 3.8) is 0 Å². The maximum Gasteiger partial charge on any atom is 0.281 e. The molecule has 0 saturated carbocycles. The maximum absolute atomic E-state index is 12.1. The van der Waals surface area contributed by atoms with Crippen molar-refractivity contribution in [1.82, 2.24) is 14.3 Å². The highest BCUT2D eigenvalue weighted by molar-refractivity contribution is 7.87. The van der Waals surface area contributed by atoms with Crippen LogP contribution in [-0.4, -0.2) is 42.7 Å². The van der Waals surface area contributed by atoms with Gasteiger partial charge < -0.3 is 0 Å². The molecule has 8 heteroatoms. The van der Waals surface area contributed by atoms with E-state index in [0.717, 1.165) is 4.31 Å². The van der Waals surface area contributed by atoms with Gasteiger partial charge in [-0.25, -0.2) is 0 Å². The van der Waals surface area contributed by atoms with Gasteiger partial charge >= 0.3 is 0 Å². The topological polar surface area (TPSA) is 95.6 Å². The van der Waals surface area contributed by atoms with E-state index in [9.17, 15) is 18.0 Å². The van der Waals surface area contributed by atoms with Gasteiger partial charge in [0.2, 0.25) is 11.8 Å². The van der Waals surface area contributed by atoms with E-state index in [1.807, 2.05) is 0 Å². The zero-order chi connectivity index (χ0) is 14.1. The van der Waals surface area contributed by atoms with Gasteiger partial charge in [-0.3, -0.25) is 14.9 Å². The van der Waals surface area contributed by atoms with Crippen LogP contribution in [0.3, 0.4) is 0 Å². The predicted octanol–water partition coefficient (Wildman–Crippen LogP) is -0.644. The summed E-state index contributed by atoms with van der Waals surface area (Å²) in [4.78, 5) is 22.9. The van der Waals surface area contributed by atoms with Crippen LogP contribution in [0.15, 0.2) is 0 Å². The molecule has 1 saturated heterocycles. The predicted molar refractivity (Wildman–Crippen MR) is 65.7 cm³/mol. The highest BCUT2D eigenvalue weighted by Crippen LogP contribution is 2.15. The smallest absolute Gasteiger partial charge is 0.281 e. The zero-order valence-corrected chi connectivity index (χ0v) is 11.8. The molecule has 1 aliphatic rings. The lowest BCUT2D eigenvalue weighted by atomic mass is 10.1. The number of piperazine rings is 1. The average molecular weight is 277 g/mol. The minimum atomic E-state index is -3.87. The van der Waals surface area contributed by atoms with Gasteiger partial charge in [0.15, 0.2) is 0 Å². The van der Waals surface area contributed by atoms with E-state index >= 15 is 0 Å². The lowest BCUT2D eigenvalue weighted by Gasteiger charge is -2.34. The first-order valence-electron chi connectivity index (χ1n) is 5.71. The molecule has 18 heavy (non-hydrogen) atoms. The molecule has 2 amide bonds. The first-order chi connectivity index (χ1) is 8.07. The van der Waals surface area contributed by atoms with Crippen molar-refractivity contribution in [1.29, 1.82) is 0 Å². The number of nitrogens with one attached hydrogen (secondary N) is 2. The van der Waals surface area contributed by atoms with E-state index in [-0.39, 0.29) is 6.54 Å². The van der Waals surface area contributed by atoms with Crippen LogP contribution in [0.5, 0.6) is 0 Å². The maximum atomic E-state index is 12.1. The van der Waals surface area contributed by atoms with Crippen LogP contribution in [0.25, 0.3) is 0 Å². The number of amides is 2. The van der Waals surface area contributed by atoms with E-state index in [4.69, 9.17) is 0 Å². The molecule has 0 bridgehead atoms. The fourth-order valence-electron chi connectivity index (χ4n) is 1.73. The fraction of sp³-hybridized carbons (Fsp3) is 0.800. The van der Waals surface area contributed by atoms with E-state index in [1.165, 1.54) is 0 Å². The summed E-state index contributed by atoms with van der Waals surface area (Å²) < 4.78 is 27.6. The molecule has 1 rings (SSSR count). The van der Waals surface area contributed by atoms with Gasteiger partial charge in [-0.1, -0.05) is 6.92 Å². The molecule has 0 spiro atoms. The second kappa shape index (κ2) is 4.94. The molecule has 1 heterocycles. The average Bonchev–Trinajstić information content (AvgIpc) is 2.12. The minimum Gasteiger partial charge on any atom is -0.294 e. The zero-order valence-electron chi connectivity index (χ0n) is 11.0. The molecule has 104 valence electrons. The largest absolute Gasteiger partial charge is 0.294 e. The summed E-state index contributed by atoms with van der Waals surface area (Å²) in [7, 11) is -3.87. The standard InChI is InChI=1S/C10H19N3O4S/c1-5-7-9(15)11-8(14)6-13(7)18(16,17)12-10(2,3)4/h7,12H,5-6H2,1-4H3,(H,11,14,15). The van der Waals surface area contributed by atoms with Crippen LogP contribution in [0.1, 0.15) is 34.1 Å². The Morgan fingerprint density at radius 2 is 1.94 bits per heavy atom. The molecular formula is C10H19N3O4S. The lowest BCUT2D eigenvalue weighted by molar-refractivity contribution is -0.137. The molecule has 1 unspecified atom stereocenters. The lowest BCUT2D eigenvalue weighted by Crippen LogP contribution is -2.63. The number of hydrogen-bond donors (Lipinski definition) is 2. The van der Waals surface area contributed by atoms with Gasteiger partial charge in [0.25, 0.3) is 10.2 Å². The molecule has 1 aliphatic heterocycles. The molecule has 2 N–H and O–H groups in total. The molecule has 7 nitrogen and oxygen atoms in total. The van der Waals surface area contributed by atoms with Crippen molar-refractivity contribution in [2.45, 2.75) is 45.7 Å². The van der Waals surface area contributed by atoms with Crippen LogP contribution in [0.2, 0.25) is 0 Å². The van der Waals surface area contributed by atoms with Crippen LogP contribution >= 0.6 is 0 Å². The molecule has 1 fully saturated rings. The number of rotatable bonds is 3. The third-order valence-corrected chi connectivity index (χ3v) is 4.21. The Morgan fingerprint density at radius 1 is 1.39 bits per heavy atom. The minimum absolute atomic E-state index is 0.310. The summed E-state index contributed by atoms with van der Waals surface area (Å²) in [5.41, 5.74) is -0.673. The van der Waals surface area contributed by atoms with E-state index in [2.05, 4.69) is 10.0 Å². The molecule has 0 radical (unpaired) electrons. The van der Waals surface area contributed by atoms with Gasteiger partial charge in [-0.2, -0.15) is 17.4 Å². The Kier molecular flexibility index (Phi) is 4.14.